The van der Waals surface area contributed by atoms with Gasteiger partial charge in [0.2, 0.25) is 0 Å². The second-order valence-corrected chi connectivity index (χ2v) is 29.1. The van der Waals surface area contributed by atoms with Crippen molar-refractivity contribution in [2.45, 2.75) is 260 Å². The van der Waals surface area contributed by atoms with Crippen LogP contribution in [-0.4, -0.2) is 175 Å². The van der Waals surface area contributed by atoms with Crippen molar-refractivity contribution in [2.24, 2.45) is 0 Å². The summed E-state index contributed by atoms with van der Waals surface area (Å²) >= 11 is 0. The van der Waals surface area contributed by atoms with Crippen molar-refractivity contribution in [3.63, 3.8) is 0 Å². The zero-order chi connectivity index (χ0) is 63.8. The third kappa shape index (κ3) is 50.0. The van der Waals surface area contributed by atoms with Crippen LogP contribution in [0.4, 0.5) is 0 Å². The van der Waals surface area contributed by atoms with Crippen LogP contribution in [0.1, 0.15) is 261 Å². The second kappa shape index (κ2) is 56.7. The average molecular weight is 1370 g/mol. The average Bonchev–Trinajstić information content (AvgIpc) is 1.41. The molecule has 11 nitrogen and oxygen atoms in total. The molecular formula is C74H127Cl3Mg3O11. The first-order chi connectivity index (χ1) is 39.9. The minimum Gasteiger partial charge on any atom is -1.00 e. The van der Waals surface area contributed by atoms with E-state index >= 15 is 0 Å². The first kappa shape index (κ1) is 102. The Morgan fingerprint density at radius 2 is 0.297 bits per heavy atom. The first-order valence-electron chi connectivity index (χ1n) is 33.0. The second-order valence-electron chi connectivity index (χ2n) is 29.1. The Balaban J connectivity index is -0.000000225. The minimum absolute atomic E-state index is 0. The summed E-state index contributed by atoms with van der Waals surface area (Å²) in [7, 11) is 0. The topological polar surface area (TPSA) is 143 Å². The van der Waals surface area contributed by atoms with Gasteiger partial charge >= 0.3 is 69.2 Å². The van der Waals surface area contributed by atoms with Gasteiger partial charge in [0, 0.05) is 106 Å². The molecule has 8 aliphatic heterocycles. The molecule has 0 unspecified atom stereocenters. The quantitative estimate of drug-likeness (QED) is 0.234. The van der Waals surface area contributed by atoms with Gasteiger partial charge in [0.15, 0.2) is 0 Å². The van der Waals surface area contributed by atoms with Crippen LogP contribution in [0.15, 0.2) is 54.6 Å². The molecular weight excluding hydrogens is 1240 g/mol. The molecule has 8 fully saturated rings. The van der Waals surface area contributed by atoms with E-state index in [-0.39, 0.29) is 156 Å². The zero-order valence-corrected chi connectivity index (χ0v) is 67.6. The predicted octanol–water partition coefficient (Wildman–Crippen LogP) is 6.31. The van der Waals surface area contributed by atoms with Gasteiger partial charge in [-0.1, -0.05) is 213 Å². The fraction of sp³-hybridized carbons (Fsp3) is 0.757. The Hall–Kier alpha value is -0.0913. The van der Waals surface area contributed by atoms with Crippen LogP contribution in [0.25, 0.3) is 0 Å². The Morgan fingerprint density at radius 1 is 0.209 bits per heavy atom. The van der Waals surface area contributed by atoms with Crippen LogP contribution in [-0.2, 0) is 70.4 Å². The molecule has 0 atom stereocenters. The van der Waals surface area contributed by atoms with Crippen LogP contribution in [0, 0.1) is 0 Å². The fourth-order valence-corrected chi connectivity index (χ4v) is 9.24. The van der Waals surface area contributed by atoms with E-state index < -0.39 is 0 Å². The smallest absolute Gasteiger partial charge is 1.00 e. The predicted molar refractivity (Wildman–Crippen MR) is 368 cm³/mol. The molecule has 0 spiro atoms. The van der Waals surface area contributed by atoms with E-state index in [1.54, 1.807) is 0 Å². The summed E-state index contributed by atoms with van der Waals surface area (Å²) in [4.78, 5) is 0. The van der Waals surface area contributed by atoms with Gasteiger partial charge in [-0.05, 0) is 135 Å². The van der Waals surface area contributed by atoms with Gasteiger partial charge in [0.1, 0.15) is 0 Å². The molecule has 0 aliphatic carbocycles. The van der Waals surface area contributed by atoms with Gasteiger partial charge in [0.25, 0.3) is 0 Å². The van der Waals surface area contributed by atoms with Crippen LogP contribution >= 0.6 is 0 Å². The normalized spacial score (nSPS) is 16.9. The number of para-hydroxylation sites is 3. The summed E-state index contributed by atoms with van der Waals surface area (Å²) in [5, 5.41) is 36.8. The number of benzene rings is 3. The molecule has 0 N–H and O–H groups in total. The Morgan fingerprint density at radius 3 is 0.352 bits per heavy atom. The van der Waals surface area contributed by atoms with Crippen molar-refractivity contribution in [2.75, 3.05) is 106 Å². The van der Waals surface area contributed by atoms with E-state index in [2.05, 4.69) is 125 Å². The van der Waals surface area contributed by atoms with Crippen LogP contribution in [0.3, 0.4) is 0 Å². The van der Waals surface area contributed by atoms with Crippen LogP contribution < -0.4 is 52.5 Å². The standard InChI is InChI=1S/3C14H22O.8C4H8O.3ClH.3Mg/c3*1-13(2,3)10-8-7-9-11(12(10)15)14(4,5)6;8*1-2-4-5-3-1;;;;;;/h3*7-9,15H,1-6H3;8*1-4H2;3*1H;;;/q;;;;;;;;;;;;;;3*+2/p-6. The molecule has 0 aromatic heterocycles. The number of hydrogen-bond acceptors (Lipinski definition) is 11. The maximum absolute atomic E-state index is 12.3. The maximum Gasteiger partial charge on any atom is 2.00 e. The van der Waals surface area contributed by atoms with Gasteiger partial charge in [-0.25, -0.2) is 0 Å². The maximum atomic E-state index is 12.3. The van der Waals surface area contributed by atoms with Gasteiger partial charge in [-0.15, -0.1) is 17.2 Å². The van der Waals surface area contributed by atoms with Crippen molar-refractivity contribution in [3.8, 4) is 17.2 Å². The van der Waals surface area contributed by atoms with E-state index in [1.165, 1.54) is 103 Å². The van der Waals surface area contributed by atoms with Gasteiger partial charge in [0.05, 0.1) is 0 Å². The van der Waals surface area contributed by atoms with E-state index in [9.17, 15) is 15.3 Å². The molecule has 0 bridgehead atoms. The van der Waals surface area contributed by atoms with Crippen LogP contribution in [0.2, 0.25) is 0 Å². The monoisotopic (exact) mass is 1370 g/mol. The summed E-state index contributed by atoms with van der Waals surface area (Å²) in [6, 6.07) is 17.6. The molecule has 8 aliphatic rings. The molecule has 0 amide bonds. The van der Waals surface area contributed by atoms with Crippen LogP contribution in [0.5, 0.6) is 17.2 Å². The molecule has 3 aromatic rings. The van der Waals surface area contributed by atoms with Gasteiger partial charge in [-0.2, -0.15) is 0 Å². The first-order valence-corrected chi connectivity index (χ1v) is 33.0. The van der Waals surface area contributed by atoms with Crippen molar-refractivity contribution in [3.05, 3.63) is 88.0 Å². The van der Waals surface area contributed by atoms with Gasteiger partial charge < -0.3 is 90.4 Å². The van der Waals surface area contributed by atoms with E-state index in [4.69, 9.17) is 37.9 Å². The summed E-state index contributed by atoms with van der Waals surface area (Å²) in [6.07, 6.45) is 20.4. The molecule has 8 saturated heterocycles. The summed E-state index contributed by atoms with van der Waals surface area (Å²) in [5.74, 6) is 0.618. The molecule has 17 heteroatoms. The summed E-state index contributed by atoms with van der Waals surface area (Å²) in [6.45, 7) is 53.4. The molecule has 516 valence electrons. The third-order valence-corrected chi connectivity index (χ3v) is 14.5. The molecule has 0 radical (unpaired) electrons. The number of ether oxygens (including phenoxy) is 8. The fourth-order valence-electron chi connectivity index (χ4n) is 9.24. The Kier molecular flexibility index (Phi) is 63.6. The molecule has 0 saturated carbocycles. The van der Waals surface area contributed by atoms with Gasteiger partial charge in [-0.3, -0.25) is 0 Å². The summed E-state index contributed by atoms with van der Waals surface area (Å²) < 4.78 is 39.6. The largest absolute Gasteiger partial charge is 2.00 e. The SMILES string of the molecule is C1CCOC1.C1CCOC1.C1CCOC1.C1CCOC1.C1CCOC1.C1CCOC1.C1CCOC1.C1CCOC1.CC(C)(C)c1cccc(C(C)(C)C)c1[O-].CC(C)(C)c1cccc(C(C)(C)C)c1[O-].CC(C)(C)c1cccc(C(C)(C)C)c1[O-].[Cl-].[Cl-].[Cl-].[Mg+2].[Mg+2].[Mg+2]. The van der Waals surface area contributed by atoms with E-state index in [0.717, 1.165) is 139 Å². The van der Waals surface area contributed by atoms with Crippen molar-refractivity contribution in [1.82, 2.24) is 0 Å². The number of hydrogen-bond donors (Lipinski definition) is 0. The van der Waals surface area contributed by atoms with E-state index in [1.807, 2.05) is 54.6 Å². The molecule has 3 aromatic carbocycles. The number of rotatable bonds is 0. The van der Waals surface area contributed by atoms with E-state index in [0.29, 0.717) is 0 Å². The van der Waals surface area contributed by atoms with Crippen molar-refractivity contribution in [1.29, 1.82) is 0 Å². The van der Waals surface area contributed by atoms with Crippen molar-refractivity contribution < 1.29 is 90.4 Å². The molecule has 11 rings (SSSR count). The summed E-state index contributed by atoms with van der Waals surface area (Å²) in [5.41, 5.74) is 5.05. The molecule has 91 heavy (non-hydrogen) atoms. The Labute approximate surface area is 625 Å². The molecule has 8 heterocycles. The number of halogens is 3. The van der Waals surface area contributed by atoms with Crippen molar-refractivity contribution >= 4 is 69.2 Å². The third-order valence-electron chi connectivity index (χ3n) is 14.5. The Bertz CT molecular complexity index is 1660. The zero-order valence-electron chi connectivity index (χ0n) is 61.1. The minimum atomic E-state index is -0.0711.